The Hall–Kier alpha value is -0.860. The van der Waals surface area contributed by atoms with E-state index in [0.717, 1.165) is 18.4 Å². The minimum Gasteiger partial charge on any atom is -0.390 e. The lowest BCUT2D eigenvalue weighted by Crippen LogP contribution is -2.30. The third-order valence-electron chi connectivity index (χ3n) is 3.70. The van der Waals surface area contributed by atoms with Crippen molar-refractivity contribution in [1.82, 2.24) is 0 Å². The van der Waals surface area contributed by atoms with E-state index < -0.39 is 11.7 Å². The molecule has 2 atom stereocenters. The van der Waals surface area contributed by atoms with Gasteiger partial charge in [0.25, 0.3) is 0 Å². The topological polar surface area (TPSA) is 40.5 Å². The van der Waals surface area contributed by atoms with Gasteiger partial charge in [0.15, 0.2) is 0 Å². The van der Waals surface area contributed by atoms with Crippen molar-refractivity contribution >= 4 is 0 Å². The normalized spacial score (nSPS) is 15.6. The monoisotopic (exact) mass is 236 g/mol. The average molecular weight is 236 g/mol. The molecule has 0 aliphatic rings. The fraction of sp³-hybridized carbons (Fsp3) is 0.600. The van der Waals surface area contributed by atoms with Gasteiger partial charge in [-0.15, -0.1) is 0 Å². The van der Waals surface area contributed by atoms with Crippen LogP contribution in [0.15, 0.2) is 30.3 Å². The molecule has 1 rings (SSSR count). The minimum atomic E-state index is -0.644. The smallest absolute Gasteiger partial charge is 0.0816 e. The number of aliphatic hydroxyl groups is 2. The molecule has 1 aromatic carbocycles. The van der Waals surface area contributed by atoms with Crippen molar-refractivity contribution in [1.29, 1.82) is 0 Å². The Morgan fingerprint density at radius 2 is 1.65 bits per heavy atom. The molecule has 0 saturated carbocycles. The Morgan fingerprint density at radius 3 is 2.12 bits per heavy atom. The number of rotatable bonds is 6. The Morgan fingerprint density at radius 1 is 1.12 bits per heavy atom. The second-order valence-corrected chi connectivity index (χ2v) is 4.97. The van der Waals surface area contributed by atoms with Crippen LogP contribution in [0.5, 0.6) is 0 Å². The van der Waals surface area contributed by atoms with E-state index in [1.807, 2.05) is 51.1 Å². The molecule has 0 bridgehead atoms. The lowest BCUT2D eigenvalue weighted by Gasteiger charge is -2.30. The van der Waals surface area contributed by atoms with Gasteiger partial charge in [-0.05, 0) is 30.7 Å². The molecular weight excluding hydrogens is 212 g/mol. The van der Waals surface area contributed by atoms with Crippen molar-refractivity contribution in [2.24, 2.45) is 5.92 Å². The molecule has 96 valence electrons. The van der Waals surface area contributed by atoms with Crippen LogP contribution in [0, 0.1) is 5.92 Å². The van der Waals surface area contributed by atoms with Crippen LogP contribution in [0.3, 0.4) is 0 Å². The Bertz CT molecular complexity index is 317. The Kier molecular flexibility index (Phi) is 5.16. The lowest BCUT2D eigenvalue weighted by molar-refractivity contribution is -0.0145. The first-order chi connectivity index (χ1) is 8.02. The molecule has 0 radical (unpaired) electrons. The molecule has 0 aliphatic carbocycles. The highest BCUT2D eigenvalue weighted by Crippen LogP contribution is 2.31. The standard InChI is InChI=1S/C15H24O2/c1-4-15(17,5-2)11-12(3)14(16)13-9-7-6-8-10-13/h6-10,12,14,16-17H,4-5,11H2,1-3H3. The molecule has 0 fully saturated rings. The summed E-state index contributed by atoms with van der Waals surface area (Å²) in [5, 5.41) is 20.5. The summed E-state index contributed by atoms with van der Waals surface area (Å²) in [4.78, 5) is 0. The molecule has 0 saturated heterocycles. The van der Waals surface area contributed by atoms with Gasteiger partial charge in [-0.25, -0.2) is 0 Å². The van der Waals surface area contributed by atoms with Crippen molar-refractivity contribution in [3.8, 4) is 0 Å². The van der Waals surface area contributed by atoms with E-state index in [4.69, 9.17) is 0 Å². The van der Waals surface area contributed by atoms with Crippen LogP contribution in [0.4, 0.5) is 0 Å². The highest BCUT2D eigenvalue weighted by Gasteiger charge is 2.28. The quantitative estimate of drug-likeness (QED) is 0.795. The van der Waals surface area contributed by atoms with E-state index in [0.29, 0.717) is 6.42 Å². The first-order valence-electron chi connectivity index (χ1n) is 6.47. The third kappa shape index (κ3) is 3.83. The van der Waals surface area contributed by atoms with Gasteiger partial charge in [0.1, 0.15) is 0 Å². The summed E-state index contributed by atoms with van der Waals surface area (Å²) in [5.41, 5.74) is 0.282. The van der Waals surface area contributed by atoms with Crippen LogP contribution < -0.4 is 0 Å². The minimum absolute atomic E-state index is 0.0577. The largest absolute Gasteiger partial charge is 0.390 e. The fourth-order valence-corrected chi connectivity index (χ4v) is 2.23. The second-order valence-electron chi connectivity index (χ2n) is 4.97. The Labute approximate surface area is 104 Å². The summed E-state index contributed by atoms with van der Waals surface area (Å²) in [7, 11) is 0. The maximum Gasteiger partial charge on any atom is 0.0816 e. The molecule has 0 spiro atoms. The molecule has 1 aromatic rings. The zero-order chi connectivity index (χ0) is 12.9. The molecule has 0 amide bonds. The van der Waals surface area contributed by atoms with Gasteiger partial charge in [0.05, 0.1) is 11.7 Å². The maximum absolute atomic E-state index is 10.3. The van der Waals surface area contributed by atoms with Crippen LogP contribution in [0.1, 0.15) is 51.7 Å². The lowest BCUT2D eigenvalue weighted by atomic mass is 9.83. The van der Waals surface area contributed by atoms with Gasteiger partial charge in [-0.1, -0.05) is 51.1 Å². The molecule has 0 aliphatic heterocycles. The molecular formula is C15H24O2. The van der Waals surface area contributed by atoms with E-state index in [9.17, 15) is 10.2 Å². The van der Waals surface area contributed by atoms with Crippen molar-refractivity contribution in [2.45, 2.75) is 51.7 Å². The van der Waals surface area contributed by atoms with Gasteiger partial charge in [0.2, 0.25) is 0 Å². The van der Waals surface area contributed by atoms with Gasteiger partial charge < -0.3 is 10.2 Å². The Balaban J connectivity index is 2.68. The van der Waals surface area contributed by atoms with Crippen LogP contribution in [0.2, 0.25) is 0 Å². The van der Waals surface area contributed by atoms with E-state index in [1.54, 1.807) is 0 Å². The van der Waals surface area contributed by atoms with E-state index in [1.165, 1.54) is 0 Å². The first kappa shape index (κ1) is 14.2. The number of aliphatic hydroxyl groups excluding tert-OH is 1. The van der Waals surface area contributed by atoms with Crippen LogP contribution >= 0.6 is 0 Å². The van der Waals surface area contributed by atoms with E-state index in [-0.39, 0.29) is 5.92 Å². The summed E-state index contributed by atoms with van der Waals surface area (Å²) in [6.45, 7) is 5.98. The molecule has 2 N–H and O–H groups in total. The van der Waals surface area contributed by atoms with Crippen molar-refractivity contribution in [2.75, 3.05) is 0 Å². The number of hydrogen-bond donors (Lipinski definition) is 2. The number of benzene rings is 1. The van der Waals surface area contributed by atoms with Gasteiger partial charge in [-0.3, -0.25) is 0 Å². The average Bonchev–Trinajstić information content (AvgIpc) is 2.38. The highest BCUT2D eigenvalue weighted by molar-refractivity contribution is 5.17. The molecule has 2 nitrogen and oxygen atoms in total. The molecule has 0 heterocycles. The van der Waals surface area contributed by atoms with E-state index >= 15 is 0 Å². The molecule has 17 heavy (non-hydrogen) atoms. The zero-order valence-electron chi connectivity index (χ0n) is 11.1. The molecule has 2 unspecified atom stereocenters. The SMILES string of the molecule is CCC(O)(CC)CC(C)C(O)c1ccccc1. The highest BCUT2D eigenvalue weighted by atomic mass is 16.3. The summed E-state index contributed by atoms with van der Waals surface area (Å²) < 4.78 is 0. The maximum atomic E-state index is 10.3. The summed E-state index contributed by atoms with van der Waals surface area (Å²) in [5.74, 6) is 0.0577. The van der Waals surface area contributed by atoms with Gasteiger partial charge in [-0.2, -0.15) is 0 Å². The van der Waals surface area contributed by atoms with Crippen molar-refractivity contribution < 1.29 is 10.2 Å². The zero-order valence-corrected chi connectivity index (χ0v) is 11.1. The fourth-order valence-electron chi connectivity index (χ4n) is 2.23. The number of hydrogen-bond acceptors (Lipinski definition) is 2. The molecule has 0 aromatic heterocycles. The van der Waals surface area contributed by atoms with Crippen LogP contribution in [-0.2, 0) is 0 Å². The molecule has 2 heteroatoms. The van der Waals surface area contributed by atoms with Crippen LogP contribution in [-0.4, -0.2) is 15.8 Å². The van der Waals surface area contributed by atoms with Gasteiger partial charge >= 0.3 is 0 Å². The summed E-state index contributed by atoms with van der Waals surface area (Å²) in [6.07, 6.45) is 1.60. The van der Waals surface area contributed by atoms with Crippen molar-refractivity contribution in [3.63, 3.8) is 0 Å². The second kappa shape index (κ2) is 6.18. The predicted molar refractivity (Wildman–Crippen MR) is 70.7 cm³/mol. The first-order valence-corrected chi connectivity index (χ1v) is 6.47. The summed E-state index contributed by atoms with van der Waals surface area (Å²) in [6, 6.07) is 9.65. The predicted octanol–water partition coefficient (Wildman–Crippen LogP) is 3.30. The van der Waals surface area contributed by atoms with E-state index in [2.05, 4.69) is 0 Å². The summed E-state index contributed by atoms with van der Waals surface area (Å²) >= 11 is 0. The van der Waals surface area contributed by atoms with Gasteiger partial charge in [0, 0.05) is 0 Å². The van der Waals surface area contributed by atoms with Crippen LogP contribution in [0.25, 0.3) is 0 Å². The van der Waals surface area contributed by atoms with Crippen molar-refractivity contribution in [3.05, 3.63) is 35.9 Å². The third-order valence-corrected chi connectivity index (χ3v) is 3.70.